The lowest BCUT2D eigenvalue weighted by atomic mass is 9.60. The van der Waals surface area contributed by atoms with Crippen molar-refractivity contribution in [1.29, 1.82) is 0 Å². The molecule has 0 saturated carbocycles. The second-order valence-electron chi connectivity index (χ2n) is 10.1. The molecule has 3 aliphatic heterocycles. The fourth-order valence-electron chi connectivity index (χ4n) is 6.30. The van der Waals surface area contributed by atoms with E-state index in [1.165, 1.54) is 0 Å². The third kappa shape index (κ3) is 2.89. The van der Waals surface area contributed by atoms with Crippen molar-refractivity contribution in [2.24, 2.45) is 10.4 Å². The first-order valence-electron chi connectivity index (χ1n) is 11.9. The van der Waals surface area contributed by atoms with Gasteiger partial charge in [-0.2, -0.15) is 0 Å². The lowest BCUT2D eigenvalue weighted by Gasteiger charge is -2.51. The average Bonchev–Trinajstić information content (AvgIpc) is 3.25. The van der Waals surface area contributed by atoms with Crippen LogP contribution in [-0.4, -0.2) is 55.0 Å². The SMILES string of the molecule is Cc1ccc(S(=O)(=O)n2cc3c4c2C(=O)C2=N[C@@H]5CO[C@H]6CC(=O)C(I)=C[C@@]6(C5)C2=C4NCC3)cc1. The maximum absolute atomic E-state index is 14.1. The van der Waals surface area contributed by atoms with Crippen LogP contribution in [0.5, 0.6) is 0 Å². The number of ketones is 2. The average molecular weight is 615 g/mol. The highest BCUT2D eigenvalue weighted by Crippen LogP contribution is 2.55. The molecule has 0 radical (unpaired) electrons. The van der Waals surface area contributed by atoms with Gasteiger partial charge in [0.2, 0.25) is 5.78 Å². The van der Waals surface area contributed by atoms with Gasteiger partial charge in [0, 0.05) is 35.7 Å². The number of aromatic nitrogens is 1. The summed E-state index contributed by atoms with van der Waals surface area (Å²) < 4.78 is 35.4. The quantitative estimate of drug-likeness (QED) is 0.521. The molecule has 0 amide bonds. The monoisotopic (exact) mass is 615 g/mol. The Morgan fingerprint density at radius 3 is 2.78 bits per heavy atom. The van der Waals surface area contributed by atoms with Crippen LogP contribution in [0.3, 0.4) is 0 Å². The summed E-state index contributed by atoms with van der Waals surface area (Å²) in [5, 5.41) is 3.47. The van der Waals surface area contributed by atoms with Crippen molar-refractivity contribution < 1.29 is 22.7 Å². The van der Waals surface area contributed by atoms with Crippen LogP contribution in [0.2, 0.25) is 0 Å². The van der Waals surface area contributed by atoms with Crippen molar-refractivity contribution in [3.8, 4) is 0 Å². The molecule has 0 unspecified atom stereocenters. The number of nitrogens with zero attached hydrogens (tertiary/aromatic N) is 2. The van der Waals surface area contributed by atoms with Crippen molar-refractivity contribution in [3.63, 3.8) is 0 Å². The van der Waals surface area contributed by atoms with Gasteiger partial charge < -0.3 is 10.1 Å². The Bertz CT molecular complexity index is 1600. The summed E-state index contributed by atoms with van der Waals surface area (Å²) in [5.41, 5.74) is 3.64. The third-order valence-electron chi connectivity index (χ3n) is 7.93. The molecule has 1 fully saturated rings. The number of ether oxygens (including phenoxy) is 1. The molecule has 7 rings (SSSR count). The van der Waals surface area contributed by atoms with Crippen LogP contribution < -0.4 is 5.32 Å². The number of allylic oxidation sites excluding steroid dienone is 1. The van der Waals surface area contributed by atoms with Gasteiger partial charge in [0.25, 0.3) is 10.0 Å². The van der Waals surface area contributed by atoms with Crippen molar-refractivity contribution >= 4 is 55.6 Å². The van der Waals surface area contributed by atoms with Gasteiger partial charge in [-0.25, -0.2) is 12.4 Å². The summed E-state index contributed by atoms with van der Waals surface area (Å²) >= 11 is 2.07. The van der Waals surface area contributed by atoms with Gasteiger partial charge >= 0.3 is 0 Å². The highest BCUT2D eigenvalue weighted by atomic mass is 127. The molecular formula is C26H22IN3O5S. The standard InChI is InChI=1S/C26H22IN3O5S/c1-13-2-4-16(5-3-13)36(33,34)30-11-14-6-7-28-22-20(14)24(30)25(32)23-21(22)26-9-15(29-23)12-35-19(26)8-18(31)17(27)10-26/h2-5,10-11,15,19,28H,6-9,12H2,1H3/t15-,19-,26+/m0/s1. The van der Waals surface area contributed by atoms with Gasteiger partial charge in [0.05, 0.1) is 32.9 Å². The molecule has 2 aliphatic carbocycles. The van der Waals surface area contributed by atoms with Crippen molar-refractivity contribution in [3.05, 3.63) is 68.1 Å². The number of carbonyl (C=O) groups excluding carboxylic acids is 2. The van der Waals surface area contributed by atoms with Gasteiger partial charge in [0.15, 0.2) is 5.78 Å². The summed E-state index contributed by atoms with van der Waals surface area (Å²) in [7, 11) is -4.00. The van der Waals surface area contributed by atoms with Crippen molar-refractivity contribution in [2.75, 3.05) is 13.2 Å². The predicted molar refractivity (Wildman–Crippen MR) is 141 cm³/mol. The van der Waals surface area contributed by atoms with Gasteiger partial charge in [0.1, 0.15) is 11.4 Å². The molecule has 3 atom stereocenters. The summed E-state index contributed by atoms with van der Waals surface area (Å²) in [6.45, 7) is 2.83. The first-order valence-corrected chi connectivity index (χ1v) is 14.4. The number of fused-ring (bicyclic) bond motifs is 2. The molecule has 8 nitrogen and oxygen atoms in total. The van der Waals surface area contributed by atoms with Crippen LogP contribution in [0.1, 0.15) is 40.0 Å². The number of aliphatic imine (C=N–C) groups is 1. The van der Waals surface area contributed by atoms with E-state index in [4.69, 9.17) is 9.73 Å². The third-order valence-corrected chi connectivity index (χ3v) is 10.5. The van der Waals surface area contributed by atoms with Gasteiger partial charge in [-0.05, 0) is 60.1 Å². The predicted octanol–water partition coefficient (Wildman–Crippen LogP) is 2.98. The van der Waals surface area contributed by atoms with Gasteiger partial charge in [-0.1, -0.05) is 23.8 Å². The largest absolute Gasteiger partial charge is 0.384 e. The first-order chi connectivity index (χ1) is 17.2. The topological polar surface area (TPSA) is 107 Å². The number of carbonyl (C=O) groups is 2. The van der Waals surface area contributed by atoms with Crippen LogP contribution in [0.25, 0.3) is 5.70 Å². The molecule has 36 heavy (non-hydrogen) atoms. The number of aryl methyl sites for hydroxylation is 1. The van der Waals surface area contributed by atoms with Crippen LogP contribution in [0, 0.1) is 12.3 Å². The molecule has 1 aromatic carbocycles. The molecule has 1 N–H and O–H groups in total. The molecule has 4 heterocycles. The summed E-state index contributed by atoms with van der Waals surface area (Å²) in [5.74, 6) is -0.353. The van der Waals surface area contributed by atoms with E-state index in [0.29, 0.717) is 35.1 Å². The molecule has 5 aliphatic rings. The van der Waals surface area contributed by atoms with Gasteiger partial charge in [-0.15, -0.1) is 0 Å². The van der Waals surface area contributed by atoms with Gasteiger partial charge in [-0.3, -0.25) is 14.6 Å². The normalized spacial score (nSPS) is 28.5. The Labute approximate surface area is 221 Å². The molecule has 2 bridgehead atoms. The first kappa shape index (κ1) is 22.6. The van der Waals surface area contributed by atoms with E-state index < -0.39 is 15.4 Å². The molecule has 2 aromatic rings. The second kappa shape index (κ2) is 7.48. The minimum Gasteiger partial charge on any atom is -0.384 e. The highest BCUT2D eigenvalue weighted by Gasteiger charge is 2.57. The summed E-state index contributed by atoms with van der Waals surface area (Å²) in [4.78, 5) is 31.6. The van der Waals surface area contributed by atoms with E-state index in [-0.39, 0.29) is 46.4 Å². The number of nitrogens with one attached hydrogen (secondary N) is 1. The Hall–Kier alpha value is -2.57. The molecule has 1 saturated heterocycles. The molecule has 10 heteroatoms. The van der Waals surface area contributed by atoms with Crippen molar-refractivity contribution in [2.45, 2.75) is 43.2 Å². The minimum absolute atomic E-state index is 0.0369. The fraction of sp³-hybridized carbons (Fsp3) is 0.346. The van der Waals surface area contributed by atoms with E-state index in [1.54, 1.807) is 30.5 Å². The van der Waals surface area contributed by atoms with Crippen molar-refractivity contribution in [1.82, 2.24) is 9.29 Å². The Balaban J connectivity index is 1.52. The number of halogens is 1. The van der Waals surface area contributed by atoms with E-state index in [1.807, 2.05) is 13.0 Å². The number of Topliss-reactive ketones (excluding diaryl/α,β-unsaturated/α-hetero) is 2. The smallest absolute Gasteiger partial charge is 0.268 e. The lowest BCUT2D eigenvalue weighted by Crippen LogP contribution is -2.56. The molecular weight excluding hydrogens is 593 g/mol. The summed E-state index contributed by atoms with van der Waals surface area (Å²) in [6, 6.07) is 6.40. The van der Waals surface area contributed by atoms with Crippen LogP contribution >= 0.6 is 22.6 Å². The van der Waals surface area contributed by atoms with E-state index in [2.05, 4.69) is 27.9 Å². The highest BCUT2D eigenvalue weighted by molar-refractivity contribution is 14.1. The Morgan fingerprint density at radius 1 is 1.22 bits per heavy atom. The molecule has 1 aromatic heterocycles. The molecule has 184 valence electrons. The maximum atomic E-state index is 14.1. The van der Waals surface area contributed by atoms with Crippen LogP contribution in [-0.2, 0) is 26.0 Å². The minimum atomic E-state index is -4.00. The number of benzene rings is 1. The van der Waals surface area contributed by atoms with E-state index >= 15 is 0 Å². The summed E-state index contributed by atoms with van der Waals surface area (Å²) in [6.07, 6.45) is 4.67. The number of hydrogen-bond donors (Lipinski definition) is 1. The van der Waals surface area contributed by atoms with Crippen LogP contribution in [0.4, 0.5) is 0 Å². The van der Waals surface area contributed by atoms with Crippen LogP contribution in [0.15, 0.2) is 55.6 Å². The zero-order valence-corrected chi connectivity index (χ0v) is 22.4. The van der Waals surface area contributed by atoms with E-state index in [9.17, 15) is 18.0 Å². The maximum Gasteiger partial charge on any atom is 0.268 e. The Morgan fingerprint density at radius 2 is 2.00 bits per heavy atom. The number of hydrogen-bond acceptors (Lipinski definition) is 7. The molecule has 1 spiro atoms. The fourth-order valence-corrected chi connectivity index (χ4v) is 8.46. The van der Waals surface area contributed by atoms with E-state index in [0.717, 1.165) is 26.4 Å². The zero-order chi connectivity index (χ0) is 25.0. The second-order valence-corrected chi connectivity index (χ2v) is 13.0. The number of rotatable bonds is 2. The zero-order valence-electron chi connectivity index (χ0n) is 19.4. The Kier molecular flexibility index (Phi) is 4.70. The lowest BCUT2D eigenvalue weighted by molar-refractivity contribution is -0.124.